The Balaban J connectivity index is 1.91. The Morgan fingerprint density at radius 1 is 1.04 bits per heavy atom. The number of alkyl halides is 3. The fourth-order valence-electron chi connectivity index (χ4n) is 2.02. The van der Waals surface area contributed by atoms with E-state index in [2.05, 4.69) is 10.0 Å². The second kappa shape index (κ2) is 8.07. The van der Waals surface area contributed by atoms with Crippen molar-refractivity contribution >= 4 is 27.5 Å². The molecule has 26 heavy (non-hydrogen) atoms. The molecule has 0 saturated heterocycles. The molecule has 2 aromatic carbocycles. The van der Waals surface area contributed by atoms with Crippen LogP contribution in [0.15, 0.2) is 53.4 Å². The largest absolute Gasteiger partial charge is 0.416 e. The summed E-state index contributed by atoms with van der Waals surface area (Å²) in [5.41, 5.74) is -1.11. The van der Waals surface area contributed by atoms with Crippen LogP contribution < -0.4 is 10.0 Å². The van der Waals surface area contributed by atoms with Gasteiger partial charge in [-0.3, -0.25) is 4.79 Å². The van der Waals surface area contributed by atoms with E-state index in [0.717, 1.165) is 18.2 Å². The lowest BCUT2D eigenvalue weighted by Gasteiger charge is -2.10. The molecule has 0 aromatic heterocycles. The first kappa shape index (κ1) is 20.2. The average Bonchev–Trinajstić information content (AvgIpc) is 2.58. The summed E-state index contributed by atoms with van der Waals surface area (Å²) in [6, 6.07) is 9.57. The summed E-state index contributed by atoms with van der Waals surface area (Å²) in [5, 5.41) is 2.61. The normalized spacial score (nSPS) is 12.0. The van der Waals surface area contributed by atoms with Gasteiger partial charge in [0.15, 0.2) is 0 Å². The Kier molecular flexibility index (Phi) is 6.27. The highest BCUT2D eigenvalue weighted by Crippen LogP contribution is 2.29. The molecule has 0 saturated carbocycles. The minimum Gasteiger partial charge on any atom is -0.351 e. The molecule has 1 amide bonds. The van der Waals surface area contributed by atoms with Gasteiger partial charge in [-0.25, -0.2) is 13.1 Å². The van der Waals surface area contributed by atoms with Crippen LogP contribution >= 0.6 is 11.6 Å². The van der Waals surface area contributed by atoms with Crippen LogP contribution in [0.2, 0.25) is 5.02 Å². The van der Waals surface area contributed by atoms with Crippen molar-refractivity contribution in [2.24, 2.45) is 0 Å². The summed E-state index contributed by atoms with van der Waals surface area (Å²) in [7, 11) is -3.81. The Morgan fingerprint density at radius 3 is 2.38 bits per heavy atom. The Labute approximate surface area is 153 Å². The third-order valence-corrected chi connectivity index (χ3v) is 4.95. The zero-order valence-corrected chi connectivity index (χ0v) is 14.8. The standard InChI is InChI=1S/C16H14ClF3N2O3S/c17-13-5-2-6-14(10-13)26(24,25)22-8-7-21-15(23)11-3-1-4-12(9-11)16(18,19)20/h1-6,9-10,22H,7-8H2,(H,21,23). The van der Waals surface area contributed by atoms with Gasteiger partial charge in [0, 0.05) is 23.7 Å². The van der Waals surface area contributed by atoms with Crippen LogP contribution in [-0.4, -0.2) is 27.4 Å². The number of hydrogen-bond acceptors (Lipinski definition) is 3. The van der Waals surface area contributed by atoms with E-state index in [-0.39, 0.29) is 28.6 Å². The van der Waals surface area contributed by atoms with Crippen LogP contribution in [0.25, 0.3) is 0 Å². The number of carbonyl (C=O) groups is 1. The van der Waals surface area contributed by atoms with E-state index in [0.29, 0.717) is 0 Å². The van der Waals surface area contributed by atoms with Crippen molar-refractivity contribution in [1.82, 2.24) is 10.0 Å². The zero-order chi connectivity index (χ0) is 19.4. The second-order valence-electron chi connectivity index (χ2n) is 5.19. The third kappa shape index (κ3) is 5.45. The zero-order valence-electron chi connectivity index (χ0n) is 13.2. The minimum absolute atomic E-state index is 0.0331. The second-order valence-corrected chi connectivity index (χ2v) is 7.39. The molecule has 0 aliphatic carbocycles. The molecule has 0 fully saturated rings. The average molecular weight is 407 g/mol. The van der Waals surface area contributed by atoms with E-state index >= 15 is 0 Å². The lowest BCUT2D eigenvalue weighted by Crippen LogP contribution is -2.34. The van der Waals surface area contributed by atoms with Gasteiger partial charge < -0.3 is 5.32 Å². The molecule has 0 heterocycles. The van der Waals surface area contributed by atoms with Gasteiger partial charge in [0.2, 0.25) is 10.0 Å². The first-order chi connectivity index (χ1) is 12.1. The molecule has 2 aromatic rings. The number of hydrogen-bond donors (Lipinski definition) is 2. The molecule has 0 bridgehead atoms. The highest BCUT2D eigenvalue weighted by Gasteiger charge is 2.30. The number of benzene rings is 2. The molecule has 0 spiro atoms. The molecular weight excluding hydrogens is 393 g/mol. The predicted molar refractivity (Wildman–Crippen MR) is 90.4 cm³/mol. The van der Waals surface area contributed by atoms with E-state index in [9.17, 15) is 26.4 Å². The first-order valence-corrected chi connectivity index (χ1v) is 9.16. The van der Waals surface area contributed by atoms with Crippen LogP contribution in [0.1, 0.15) is 15.9 Å². The first-order valence-electron chi connectivity index (χ1n) is 7.30. The van der Waals surface area contributed by atoms with Gasteiger partial charge in [-0.05, 0) is 36.4 Å². The SMILES string of the molecule is O=C(NCCNS(=O)(=O)c1cccc(Cl)c1)c1cccc(C(F)(F)F)c1. The summed E-state index contributed by atoms with van der Waals surface area (Å²) < 4.78 is 64.3. The Morgan fingerprint density at radius 2 is 1.73 bits per heavy atom. The van der Waals surface area contributed by atoms with E-state index < -0.39 is 27.7 Å². The molecule has 0 atom stereocenters. The highest BCUT2D eigenvalue weighted by molar-refractivity contribution is 7.89. The number of halogens is 4. The molecular formula is C16H14ClF3N2O3S. The fourth-order valence-corrected chi connectivity index (χ4v) is 3.35. The molecule has 5 nitrogen and oxygen atoms in total. The minimum atomic E-state index is -4.55. The highest BCUT2D eigenvalue weighted by atomic mass is 35.5. The smallest absolute Gasteiger partial charge is 0.351 e. The number of nitrogens with one attached hydrogen (secondary N) is 2. The monoisotopic (exact) mass is 406 g/mol. The van der Waals surface area contributed by atoms with Gasteiger partial charge in [0.1, 0.15) is 0 Å². The van der Waals surface area contributed by atoms with Gasteiger partial charge in [-0.1, -0.05) is 23.7 Å². The van der Waals surface area contributed by atoms with Gasteiger partial charge >= 0.3 is 6.18 Å². The topological polar surface area (TPSA) is 75.3 Å². The van der Waals surface area contributed by atoms with E-state index in [1.807, 2.05) is 0 Å². The van der Waals surface area contributed by atoms with Gasteiger partial charge in [0.05, 0.1) is 10.5 Å². The number of sulfonamides is 1. The van der Waals surface area contributed by atoms with Crippen molar-refractivity contribution in [2.75, 3.05) is 13.1 Å². The van der Waals surface area contributed by atoms with Crippen molar-refractivity contribution in [3.05, 3.63) is 64.7 Å². The summed E-state index contributed by atoms with van der Waals surface area (Å²) in [6.45, 7) is -0.242. The quantitative estimate of drug-likeness (QED) is 0.724. The van der Waals surface area contributed by atoms with Crippen LogP contribution in [0.3, 0.4) is 0 Å². The molecule has 0 aliphatic heterocycles. The molecule has 10 heteroatoms. The van der Waals surface area contributed by atoms with E-state index in [1.54, 1.807) is 0 Å². The summed E-state index contributed by atoms with van der Waals surface area (Å²) in [6.07, 6.45) is -4.55. The molecule has 2 N–H and O–H groups in total. The molecule has 140 valence electrons. The van der Waals surface area contributed by atoms with Gasteiger partial charge in [-0.15, -0.1) is 0 Å². The molecule has 0 unspecified atom stereocenters. The maximum Gasteiger partial charge on any atom is 0.416 e. The fraction of sp³-hybridized carbons (Fsp3) is 0.188. The maximum atomic E-state index is 12.6. The third-order valence-electron chi connectivity index (χ3n) is 3.26. The van der Waals surface area contributed by atoms with Crippen molar-refractivity contribution in [1.29, 1.82) is 0 Å². The van der Waals surface area contributed by atoms with Crippen molar-refractivity contribution in [3.63, 3.8) is 0 Å². The molecule has 2 rings (SSSR count). The number of carbonyl (C=O) groups excluding carboxylic acids is 1. The van der Waals surface area contributed by atoms with E-state index in [4.69, 9.17) is 11.6 Å². The molecule has 0 radical (unpaired) electrons. The number of amides is 1. The summed E-state index contributed by atoms with van der Waals surface area (Å²) in [5.74, 6) is -0.738. The number of rotatable bonds is 6. The van der Waals surface area contributed by atoms with Crippen LogP contribution in [-0.2, 0) is 16.2 Å². The van der Waals surface area contributed by atoms with E-state index in [1.165, 1.54) is 30.3 Å². The lowest BCUT2D eigenvalue weighted by molar-refractivity contribution is -0.137. The van der Waals surface area contributed by atoms with Crippen LogP contribution in [0, 0.1) is 0 Å². The summed E-state index contributed by atoms with van der Waals surface area (Å²) in [4.78, 5) is 11.9. The van der Waals surface area contributed by atoms with Crippen molar-refractivity contribution in [3.8, 4) is 0 Å². The van der Waals surface area contributed by atoms with Gasteiger partial charge in [-0.2, -0.15) is 13.2 Å². The molecule has 0 aliphatic rings. The Bertz CT molecular complexity index is 902. The van der Waals surface area contributed by atoms with Gasteiger partial charge in [0.25, 0.3) is 5.91 Å². The maximum absolute atomic E-state index is 12.6. The summed E-state index contributed by atoms with van der Waals surface area (Å²) >= 11 is 5.74. The van der Waals surface area contributed by atoms with Crippen molar-refractivity contribution < 1.29 is 26.4 Å². The Hall–Kier alpha value is -2.10. The van der Waals surface area contributed by atoms with Crippen molar-refractivity contribution in [2.45, 2.75) is 11.1 Å². The van der Waals surface area contributed by atoms with Crippen LogP contribution in [0.4, 0.5) is 13.2 Å². The predicted octanol–water partition coefficient (Wildman–Crippen LogP) is 3.07. The lowest BCUT2D eigenvalue weighted by atomic mass is 10.1. The van der Waals surface area contributed by atoms with Crippen LogP contribution in [0.5, 0.6) is 0 Å².